The van der Waals surface area contributed by atoms with Crippen molar-refractivity contribution in [1.82, 2.24) is 4.57 Å². The molecule has 2 aromatic carbocycles. The highest BCUT2D eigenvalue weighted by molar-refractivity contribution is 6.11. The van der Waals surface area contributed by atoms with E-state index in [2.05, 4.69) is 22.8 Å². The van der Waals surface area contributed by atoms with Crippen LogP contribution in [0, 0.1) is 6.92 Å². The minimum Gasteiger partial charge on any atom is -0.347 e. The largest absolute Gasteiger partial charge is 0.347 e. The van der Waals surface area contributed by atoms with Gasteiger partial charge in [-0.2, -0.15) is 0 Å². The standard InChI is InChI=1S/C15H13NO/c1-10-14(9-17)13-8-7-11-5-3-4-6-12(11)15(13)16(10)2/h3-9H,1-2H3. The average Bonchev–Trinajstić information content (AvgIpc) is 2.62. The molecule has 17 heavy (non-hydrogen) atoms. The van der Waals surface area contributed by atoms with E-state index in [0.29, 0.717) is 0 Å². The highest BCUT2D eigenvalue weighted by atomic mass is 16.1. The number of hydrogen-bond acceptors (Lipinski definition) is 1. The molecule has 0 aliphatic rings. The van der Waals surface area contributed by atoms with E-state index >= 15 is 0 Å². The van der Waals surface area contributed by atoms with Gasteiger partial charge in [-0.25, -0.2) is 0 Å². The fraction of sp³-hybridized carbons (Fsp3) is 0.133. The molecule has 3 rings (SSSR count). The van der Waals surface area contributed by atoms with E-state index in [-0.39, 0.29) is 0 Å². The summed E-state index contributed by atoms with van der Waals surface area (Å²) >= 11 is 0. The molecule has 0 saturated heterocycles. The Balaban J connectivity index is 2.63. The molecular formula is C15H13NO. The van der Waals surface area contributed by atoms with Crippen molar-refractivity contribution in [1.29, 1.82) is 0 Å². The minimum atomic E-state index is 0.799. The van der Waals surface area contributed by atoms with E-state index in [4.69, 9.17) is 0 Å². The van der Waals surface area contributed by atoms with Gasteiger partial charge in [-0.1, -0.05) is 36.4 Å². The zero-order chi connectivity index (χ0) is 12.0. The molecule has 3 aromatic rings. The van der Waals surface area contributed by atoms with Crippen molar-refractivity contribution in [2.24, 2.45) is 7.05 Å². The third-order valence-corrected chi connectivity index (χ3v) is 3.54. The summed E-state index contributed by atoms with van der Waals surface area (Å²) < 4.78 is 2.10. The van der Waals surface area contributed by atoms with Crippen molar-refractivity contribution >= 4 is 28.0 Å². The summed E-state index contributed by atoms with van der Waals surface area (Å²) in [5.74, 6) is 0. The number of carbonyl (C=O) groups is 1. The van der Waals surface area contributed by atoms with Crippen LogP contribution >= 0.6 is 0 Å². The van der Waals surface area contributed by atoms with E-state index in [1.54, 1.807) is 0 Å². The number of benzene rings is 2. The van der Waals surface area contributed by atoms with Gasteiger partial charge in [0.2, 0.25) is 0 Å². The van der Waals surface area contributed by atoms with Crippen LogP contribution < -0.4 is 0 Å². The second-order valence-electron chi connectivity index (χ2n) is 4.36. The van der Waals surface area contributed by atoms with Gasteiger partial charge in [0.15, 0.2) is 6.29 Å². The first kappa shape index (κ1) is 10.1. The highest BCUT2D eigenvalue weighted by Crippen LogP contribution is 2.30. The lowest BCUT2D eigenvalue weighted by Crippen LogP contribution is -1.91. The second kappa shape index (κ2) is 3.45. The predicted molar refractivity (Wildman–Crippen MR) is 70.5 cm³/mol. The van der Waals surface area contributed by atoms with E-state index in [1.807, 2.05) is 32.2 Å². The second-order valence-corrected chi connectivity index (χ2v) is 4.36. The Morgan fingerprint density at radius 2 is 1.82 bits per heavy atom. The zero-order valence-electron chi connectivity index (χ0n) is 9.90. The number of aromatic nitrogens is 1. The van der Waals surface area contributed by atoms with Gasteiger partial charge in [0.05, 0.1) is 5.52 Å². The monoisotopic (exact) mass is 223 g/mol. The van der Waals surface area contributed by atoms with Gasteiger partial charge < -0.3 is 4.57 Å². The van der Waals surface area contributed by atoms with Crippen LogP contribution in [-0.4, -0.2) is 10.9 Å². The van der Waals surface area contributed by atoms with Gasteiger partial charge >= 0.3 is 0 Å². The Hall–Kier alpha value is -2.09. The topological polar surface area (TPSA) is 22.0 Å². The summed E-state index contributed by atoms with van der Waals surface area (Å²) in [6.07, 6.45) is 0.951. The first-order valence-electron chi connectivity index (χ1n) is 5.66. The minimum absolute atomic E-state index is 0.799. The van der Waals surface area contributed by atoms with E-state index in [1.165, 1.54) is 10.8 Å². The molecule has 0 N–H and O–H groups in total. The summed E-state index contributed by atoms with van der Waals surface area (Å²) in [6.45, 7) is 1.98. The Bertz CT molecular complexity index is 737. The van der Waals surface area contributed by atoms with Crippen LogP contribution in [0.2, 0.25) is 0 Å². The number of rotatable bonds is 1. The molecule has 1 heterocycles. The maximum atomic E-state index is 11.2. The van der Waals surface area contributed by atoms with Gasteiger partial charge in [-0.3, -0.25) is 4.79 Å². The summed E-state index contributed by atoms with van der Waals surface area (Å²) in [6, 6.07) is 12.4. The number of aldehydes is 1. The molecule has 0 radical (unpaired) electrons. The summed E-state index contributed by atoms with van der Waals surface area (Å²) in [5.41, 5.74) is 2.96. The van der Waals surface area contributed by atoms with Crippen LogP contribution in [0.15, 0.2) is 36.4 Å². The number of fused-ring (bicyclic) bond motifs is 3. The van der Waals surface area contributed by atoms with E-state index in [0.717, 1.165) is 28.4 Å². The molecule has 0 atom stereocenters. The third kappa shape index (κ3) is 1.24. The quantitative estimate of drug-likeness (QED) is 0.579. The fourth-order valence-electron chi connectivity index (χ4n) is 2.53. The third-order valence-electron chi connectivity index (χ3n) is 3.54. The molecule has 0 aliphatic heterocycles. The maximum Gasteiger partial charge on any atom is 0.152 e. The lowest BCUT2D eigenvalue weighted by molar-refractivity contribution is 0.112. The van der Waals surface area contributed by atoms with E-state index < -0.39 is 0 Å². The van der Waals surface area contributed by atoms with Crippen LogP contribution in [0.1, 0.15) is 16.1 Å². The van der Waals surface area contributed by atoms with Crippen molar-refractivity contribution < 1.29 is 4.79 Å². The first-order valence-corrected chi connectivity index (χ1v) is 5.66. The van der Waals surface area contributed by atoms with Crippen LogP contribution in [0.4, 0.5) is 0 Å². The van der Waals surface area contributed by atoms with Gasteiger partial charge in [-0.15, -0.1) is 0 Å². The molecule has 0 aliphatic carbocycles. The lowest BCUT2D eigenvalue weighted by atomic mass is 10.1. The van der Waals surface area contributed by atoms with Crippen molar-refractivity contribution in [2.45, 2.75) is 6.92 Å². The van der Waals surface area contributed by atoms with Crippen molar-refractivity contribution in [3.8, 4) is 0 Å². The van der Waals surface area contributed by atoms with Crippen LogP contribution in [-0.2, 0) is 7.05 Å². The van der Waals surface area contributed by atoms with Crippen LogP contribution in [0.25, 0.3) is 21.7 Å². The van der Waals surface area contributed by atoms with Crippen LogP contribution in [0.5, 0.6) is 0 Å². The Labute approximate surface area is 99.5 Å². The Morgan fingerprint density at radius 3 is 2.59 bits per heavy atom. The molecule has 0 unspecified atom stereocenters. The van der Waals surface area contributed by atoms with Gasteiger partial charge in [0.25, 0.3) is 0 Å². The molecule has 0 amide bonds. The SMILES string of the molecule is Cc1c(C=O)c2ccc3ccccc3c2n1C. The van der Waals surface area contributed by atoms with Crippen molar-refractivity contribution in [2.75, 3.05) is 0 Å². The molecule has 84 valence electrons. The Kier molecular flexibility index (Phi) is 2.05. The van der Waals surface area contributed by atoms with Crippen molar-refractivity contribution in [3.05, 3.63) is 47.7 Å². The van der Waals surface area contributed by atoms with Gasteiger partial charge in [0, 0.05) is 29.1 Å². The molecule has 0 fully saturated rings. The van der Waals surface area contributed by atoms with Crippen molar-refractivity contribution in [3.63, 3.8) is 0 Å². The molecule has 2 heteroatoms. The normalized spacial score (nSPS) is 11.2. The summed E-state index contributed by atoms with van der Waals surface area (Å²) in [4.78, 5) is 11.2. The fourth-order valence-corrected chi connectivity index (χ4v) is 2.53. The van der Waals surface area contributed by atoms with Gasteiger partial charge in [0.1, 0.15) is 0 Å². The molecule has 1 aromatic heterocycles. The smallest absolute Gasteiger partial charge is 0.152 e. The Morgan fingerprint density at radius 1 is 1.06 bits per heavy atom. The molecule has 0 bridgehead atoms. The summed E-state index contributed by atoms with van der Waals surface area (Å²) in [5, 5.41) is 3.44. The zero-order valence-corrected chi connectivity index (χ0v) is 9.90. The van der Waals surface area contributed by atoms with Crippen LogP contribution in [0.3, 0.4) is 0 Å². The number of carbonyl (C=O) groups excluding carboxylic acids is 1. The summed E-state index contributed by atoms with van der Waals surface area (Å²) in [7, 11) is 2.01. The molecular weight excluding hydrogens is 210 g/mol. The lowest BCUT2D eigenvalue weighted by Gasteiger charge is -2.03. The molecule has 2 nitrogen and oxygen atoms in total. The maximum absolute atomic E-state index is 11.2. The number of aryl methyl sites for hydroxylation is 1. The highest BCUT2D eigenvalue weighted by Gasteiger charge is 2.12. The molecule has 0 saturated carbocycles. The number of hydrogen-bond donors (Lipinski definition) is 0. The molecule has 0 spiro atoms. The number of nitrogens with zero attached hydrogens (tertiary/aromatic N) is 1. The first-order chi connectivity index (χ1) is 8.24. The van der Waals surface area contributed by atoms with E-state index in [9.17, 15) is 4.79 Å². The predicted octanol–water partition coefficient (Wildman–Crippen LogP) is 3.45. The van der Waals surface area contributed by atoms with Gasteiger partial charge in [-0.05, 0) is 12.3 Å². The average molecular weight is 223 g/mol.